The molecular formula is C2H7NOSe. The van der Waals surface area contributed by atoms with Crippen molar-refractivity contribution in [1.29, 1.82) is 0 Å². The summed E-state index contributed by atoms with van der Waals surface area (Å²) in [5, 5.41) is 8.70. The van der Waals surface area contributed by atoms with Crippen molar-refractivity contribution in [1.82, 2.24) is 0 Å². The van der Waals surface area contributed by atoms with Gasteiger partial charge in [0.1, 0.15) is 0 Å². The Morgan fingerprint density at radius 1 is 2.00 bits per heavy atom. The average Bonchev–Trinajstić information content (AvgIpc) is 1.38. The zero-order valence-corrected chi connectivity index (χ0v) is 4.63. The van der Waals surface area contributed by atoms with Crippen LogP contribution in [0.25, 0.3) is 0 Å². The van der Waals surface area contributed by atoms with E-state index in [4.69, 9.17) is 10.8 Å². The van der Waals surface area contributed by atoms with Gasteiger partial charge in [0.05, 0.1) is 0 Å². The summed E-state index contributed by atoms with van der Waals surface area (Å²) < 4.78 is 0. The van der Waals surface area contributed by atoms with Crippen LogP contribution in [0.3, 0.4) is 0 Å². The van der Waals surface area contributed by atoms with Gasteiger partial charge in [0, 0.05) is 0 Å². The first kappa shape index (κ1) is 5.44. The molecule has 0 aliphatic carbocycles. The van der Waals surface area contributed by atoms with Crippen LogP contribution in [0, 0.1) is 0 Å². The number of hydrogen-bond donors (Lipinski definition) is 2. The Labute approximate surface area is 39.2 Å². The van der Waals surface area contributed by atoms with Crippen molar-refractivity contribution in [3.63, 3.8) is 0 Å². The molecule has 0 aromatic carbocycles. The van der Waals surface area contributed by atoms with Crippen LogP contribution in [-0.2, 0) is 0 Å². The third kappa shape index (κ3) is 4.44. The molecule has 1 unspecified atom stereocenters. The molecule has 0 rings (SSSR count). The molecule has 0 saturated heterocycles. The summed E-state index contributed by atoms with van der Waals surface area (Å²) in [6.45, 7) is 0. The molecule has 5 heavy (non-hydrogen) atoms. The van der Waals surface area contributed by atoms with Crippen LogP contribution in [-0.4, -0.2) is 27.3 Å². The minimum atomic E-state index is -0.644. The van der Waals surface area contributed by atoms with E-state index in [-0.39, 0.29) is 0 Å². The third-order valence-electron chi connectivity index (χ3n) is 0.187. The molecule has 0 aliphatic heterocycles. The van der Waals surface area contributed by atoms with Crippen LogP contribution in [0.4, 0.5) is 0 Å². The second-order valence-corrected chi connectivity index (χ2v) is 1.52. The first-order valence-corrected chi connectivity index (χ1v) is 2.64. The number of rotatable bonds is 1. The number of hydrogen-bond acceptors (Lipinski definition) is 2. The molecule has 3 N–H and O–H groups in total. The quantitative estimate of drug-likeness (QED) is 0.347. The monoisotopic (exact) mass is 141 g/mol. The van der Waals surface area contributed by atoms with Gasteiger partial charge >= 0.3 is 38.4 Å². The fraction of sp³-hybridized carbons (Fsp3) is 1.00. The summed E-state index contributed by atoms with van der Waals surface area (Å²) in [5.41, 5.74) is 4.83. The molecule has 32 valence electrons. The van der Waals surface area contributed by atoms with E-state index >= 15 is 0 Å². The van der Waals surface area contributed by atoms with E-state index in [1.165, 1.54) is 0 Å². The topological polar surface area (TPSA) is 46.2 Å². The van der Waals surface area contributed by atoms with Crippen molar-refractivity contribution >= 4 is 16.0 Å². The molecule has 1 atom stereocenters. The summed E-state index contributed by atoms with van der Waals surface area (Å²) >= 11 is 2.20. The van der Waals surface area contributed by atoms with Crippen molar-refractivity contribution < 1.29 is 5.11 Å². The van der Waals surface area contributed by atoms with E-state index < -0.39 is 6.23 Å². The third-order valence-corrected chi connectivity index (χ3v) is 0.972. The molecule has 3 heteroatoms. The first-order valence-electron chi connectivity index (χ1n) is 1.32. The summed E-state index contributed by atoms with van der Waals surface area (Å²) in [5.74, 6) is 0. The number of aliphatic hydroxyl groups excluding tert-OH is 1. The summed E-state index contributed by atoms with van der Waals surface area (Å²) in [4.78, 5) is 0. The van der Waals surface area contributed by atoms with Crippen LogP contribution in [0.5, 0.6) is 0 Å². The van der Waals surface area contributed by atoms with E-state index in [9.17, 15) is 0 Å². The molecule has 0 aromatic heterocycles. The predicted molar refractivity (Wildman–Crippen MR) is 22.2 cm³/mol. The normalized spacial score (nSPS) is 15.0. The Bertz CT molecular complexity index is 23.6. The Balaban J connectivity index is 2.54. The van der Waals surface area contributed by atoms with Gasteiger partial charge in [-0.15, -0.1) is 0 Å². The molecule has 0 radical (unpaired) electrons. The number of aliphatic hydroxyl groups is 1. The van der Waals surface area contributed by atoms with Crippen molar-refractivity contribution in [3.05, 3.63) is 0 Å². The van der Waals surface area contributed by atoms with E-state index in [0.29, 0.717) is 5.32 Å². The van der Waals surface area contributed by atoms with Gasteiger partial charge in [-0.3, -0.25) is 0 Å². The van der Waals surface area contributed by atoms with E-state index in [1.807, 2.05) is 0 Å². The van der Waals surface area contributed by atoms with Crippen LogP contribution >= 0.6 is 0 Å². The maximum atomic E-state index is 8.12. The predicted octanol–water partition coefficient (Wildman–Crippen LogP) is -1.42. The molecule has 0 aliphatic rings. The fourth-order valence-corrected chi connectivity index (χ4v) is 0. The molecular weight excluding hydrogens is 133 g/mol. The number of nitrogens with two attached hydrogens (primary N) is 1. The van der Waals surface area contributed by atoms with Crippen molar-refractivity contribution in [2.45, 2.75) is 11.5 Å². The second kappa shape index (κ2) is 2.66. The first-order chi connectivity index (χ1) is 2.27. The minimum absolute atomic E-state index is 0.576. The zero-order chi connectivity index (χ0) is 4.28. The second-order valence-electron chi connectivity index (χ2n) is 0.750. The molecule has 0 spiro atoms. The average molecular weight is 140 g/mol. The van der Waals surface area contributed by atoms with Gasteiger partial charge in [-0.05, 0) is 0 Å². The Morgan fingerprint density at radius 3 is 2.20 bits per heavy atom. The Kier molecular flexibility index (Phi) is 2.90. The van der Waals surface area contributed by atoms with Crippen LogP contribution < -0.4 is 5.73 Å². The molecule has 0 bridgehead atoms. The standard InChI is InChI=1S/C2H7NOSe/c3-2(4)1-5/h2,4-5H,1,3H2. The van der Waals surface area contributed by atoms with Gasteiger partial charge in [0.25, 0.3) is 0 Å². The molecule has 0 heterocycles. The van der Waals surface area contributed by atoms with Gasteiger partial charge in [-0.2, -0.15) is 0 Å². The van der Waals surface area contributed by atoms with Crippen molar-refractivity contribution in [2.24, 2.45) is 5.73 Å². The Morgan fingerprint density at radius 2 is 2.20 bits per heavy atom. The summed E-state index contributed by atoms with van der Waals surface area (Å²) in [6.07, 6.45) is -0.644. The van der Waals surface area contributed by atoms with Crippen LogP contribution in [0.2, 0.25) is 5.32 Å². The molecule has 2 nitrogen and oxygen atoms in total. The van der Waals surface area contributed by atoms with Crippen molar-refractivity contribution in [3.8, 4) is 0 Å². The fourth-order valence-electron chi connectivity index (χ4n) is 0. The maximum absolute atomic E-state index is 8.12. The summed E-state index contributed by atoms with van der Waals surface area (Å²) in [7, 11) is 0. The Hall–Kier alpha value is 0.439. The molecule has 0 fully saturated rings. The van der Waals surface area contributed by atoms with Gasteiger partial charge in [0.15, 0.2) is 0 Å². The van der Waals surface area contributed by atoms with E-state index in [2.05, 4.69) is 16.0 Å². The summed E-state index contributed by atoms with van der Waals surface area (Å²) in [6, 6.07) is 0. The molecule has 0 aromatic rings. The zero-order valence-electron chi connectivity index (χ0n) is 2.76. The van der Waals surface area contributed by atoms with Gasteiger partial charge in [0.2, 0.25) is 0 Å². The van der Waals surface area contributed by atoms with Gasteiger partial charge in [-0.25, -0.2) is 0 Å². The SMILES string of the molecule is NC(O)C[SeH]. The van der Waals surface area contributed by atoms with Crippen LogP contribution in [0.15, 0.2) is 0 Å². The van der Waals surface area contributed by atoms with Crippen LogP contribution in [0.1, 0.15) is 0 Å². The van der Waals surface area contributed by atoms with Gasteiger partial charge < -0.3 is 0 Å². The van der Waals surface area contributed by atoms with Gasteiger partial charge in [-0.1, -0.05) is 0 Å². The van der Waals surface area contributed by atoms with E-state index in [1.54, 1.807) is 0 Å². The van der Waals surface area contributed by atoms with E-state index in [0.717, 1.165) is 0 Å². The van der Waals surface area contributed by atoms with Crippen molar-refractivity contribution in [2.75, 3.05) is 0 Å². The molecule has 0 saturated carbocycles. The molecule has 0 amide bonds.